The van der Waals surface area contributed by atoms with Gasteiger partial charge in [0.2, 0.25) is 0 Å². The fourth-order valence-electron chi connectivity index (χ4n) is 2.69. The Morgan fingerprint density at radius 3 is 2.67 bits per heavy atom. The Morgan fingerprint density at radius 1 is 1.17 bits per heavy atom. The van der Waals surface area contributed by atoms with Gasteiger partial charge < -0.3 is 20.4 Å². The van der Waals surface area contributed by atoms with Gasteiger partial charge in [-0.25, -0.2) is 4.99 Å². The van der Waals surface area contributed by atoms with E-state index in [1.165, 1.54) is 6.26 Å². The van der Waals surface area contributed by atoms with E-state index in [4.69, 9.17) is 4.42 Å². The molecule has 0 fully saturated rings. The molecule has 160 valence electrons. The summed E-state index contributed by atoms with van der Waals surface area (Å²) >= 11 is 0. The van der Waals surface area contributed by atoms with Gasteiger partial charge in [0.1, 0.15) is 0 Å². The number of benzene rings is 1. The van der Waals surface area contributed by atoms with Crippen molar-refractivity contribution < 1.29 is 9.21 Å². The van der Waals surface area contributed by atoms with E-state index in [1.54, 1.807) is 18.3 Å². The van der Waals surface area contributed by atoms with Gasteiger partial charge in [0.05, 0.1) is 12.8 Å². The Morgan fingerprint density at radius 2 is 2.00 bits per heavy atom. The van der Waals surface area contributed by atoms with Crippen molar-refractivity contribution >= 4 is 41.5 Å². The second kappa shape index (κ2) is 12.7. The normalized spacial score (nSPS) is 10.9. The number of anilines is 1. The van der Waals surface area contributed by atoms with Crippen LogP contribution < -0.4 is 16.0 Å². The van der Waals surface area contributed by atoms with Crippen molar-refractivity contribution in [3.8, 4) is 0 Å². The van der Waals surface area contributed by atoms with Crippen LogP contribution >= 0.6 is 24.0 Å². The first-order valence-corrected chi connectivity index (χ1v) is 9.68. The van der Waals surface area contributed by atoms with Gasteiger partial charge >= 0.3 is 0 Å². The van der Waals surface area contributed by atoms with Crippen LogP contribution in [0.5, 0.6) is 0 Å². The number of hydrogen-bond acceptors (Lipinski definition) is 4. The van der Waals surface area contributed by atoms with Crippen LogP contribution in [0.3, 0.4) is 0 Å². The maximum Gasteiger partial charge on any atom is 0.291 e. The fourth-order valence-corrected chi connectivity index (χ4v) is 2.69. The topological polar surface area (TPSA) is 96.5 Å². The molecule has 30 heavy (non-hydrogen) atoms. The molecule has 2 aromatic heterocycles. The highest BCUT2D eigenvalue weighted by Gasteiger charge is 2.08. The minimum atomic E-state index is -0.269. The molecule has 0 aliphatic heterocycles. The maximum atomic E-state index is 12.0. The van der Waals surface area contributed by atoms with Crippen molar-refractivity contribution in [3.05, 3.63) is 72.4 Å². The molecule has 0 atom stereocenters. The second-order valence-electron chi connectivity index (χ2n) is 6.37. The summed E-state index contributed by atoms with van der Waals surface area (Å²) in [6, 6.07) is 12.8. The van der Waals surface area contributed by atoms with Gasteiger partial charge in [0.15, 0.2) is 11.7 Å². The zero-order valence-corrected chi connectivity index (χ0v) is 19.2. The number of halogens is 1. The standard InChI is InChI=1S/C21H26N6O2.HI/c1-2-22-21(23-11-4-13-27-14-5-12-25-27)24-16-17-7-9-18(10-8-17)26-20(28)19-6-3-15-29-19;/h3,5-10,12,14-15H,2,4,11,13,16H2,1H3,(H,26,28)(H2,22,23,24);1H. The van der Waals surface area contributed by atoms with Gasteiger partial charge in [-0.15, -0.1) is 24.0 Å². The van der Waals surface area contributed by atoms with Crippen LogP contribution in [-0.4, -0.2) is 34.7 Å². The first-order valence-electron chi connectivity index (χ1n) is 9.68. The molecule has 0 aliphatic carbocycles. The Labute approximate surface area is 193 Å². The largest absolute Gasteiger partial charge is 0.459 e. The van der Waals surface area contributed by atoms with Crippen LogP contribution in [0.15, 0.2) is 70.5 Å². The number of rotatable bonds is 9. The average molecular weight is 522 g/mol. The third-order valence-corrected chi connectivity index (χ3v) is 4.14. The van der Waals surface area contributed by atoms with E-state index in [9.17, 15) is 4.79 Å². The third-order valence-electron chi connectivity index (χ3n) is 4.14. The fraction of sp³-hybridized carbons (Fsp3) is 0.286. The van der Waals surface area contributed by atoms with Crippen molar-refractivity contribution in [2.75, 3.05) is 18.4 Å². The van der Waals surface area contributed by atoms with Crippen molar-refractivity contribution in [3.63, 3.8) is 0 Å². The van der Waals surface area contributed by atoms with Gasteiger partial charge in [0, 0.05) is 37.7 Å². The molecule has 3 N–H and O–H groups in total. The highest BCUT2D eigenvalue weighted by molar-refractivity contribution is 14.0. The molecule has 0 bridgehead atoms. The molecule has 0 spiro atoms. The number of amides is 1. The number of guanidine groups is 1. The minimum absolute atomic E-state index is 0. The lowest BCUT2D eigenvalue weighted by Gasteiger charge is -2.11. The van der Waals surface area contributed by atoms with Gasteiger partial charge in [0.25, 0.3) is 5.91 Å². The number of hydrogen-bond donors (Lipinski definition) is 3. The van der Waals surface area contributed by atoms with E-state index >= 15 is 0 Å². The van der Waals surface area contributed by atoms with Crippen LogP contribution in [0.25, 0.3) is 0 Å². The number of aryl methyl sites for hydroxylation is 1. The van der Waals surface area contributed by atoms with Crippen LogP contribution in [0.2, 0.25) is 0 Å². The Bertz CT molecular complexity index is 892. The summed E-state index contributed by atoms with van der Waals surface area (Å²) < 4.78 is 7.01. The summed E-state index contributed by atoms with van der Waals surface area (Å²) in [4.78, 5) is 16.6. The number of carbonyl (C=O) groups excluding carboxylic acids is 1. The predicted octanol–water partition coefficient (Wildman–Crippen LogP) is 3.49. The zero-order chi connectivity index (χ0) is 20.3. The molecule has 9 heteroatoms. The van der Waals surface area contributed by atoms with E-state index in [0.29, 0.717) is 12.2 Å². The highest BCUT2D eigenvalue weighted by Crippen LogP contribution is 2.12. The molecule has 8 nitrogen and oxygen atoms in total. The zero-order valence-electron chi connectivity index (χ0n) is 16.9. The summed E-state index contributed by atoms with van der Waals surface area (Å²) in [6.45, 7) is 5.05. The van der Waals surface area contributed by atoms with Crippen LogP contribution in [0.4, 0.5) is 5.69 Å². The number of nitrogens with zero attached hydrogens (tertiary/aromatic N) is 3. The molecule has 1 aromatic carbocycles. The van der Waals surface area contributed by atoms with E-state index < -0.39 is 0 Å². The lowest BCUT2D eigenvalue weighted by atomic mass is 10.2. The summed E-state index contributed by atoms with van der Waals surface area (Å²) in [6.07, 6.45) is 6.17. The Kier molecular flexibility index (Phi) is 9.92. The molecule has 0 aliphatic rings. The Balaban J connectivity index is 0.00000320. The summed E-state index contributed by atoms with van der Waals surface area (Å²) in [7, 11) is 0. The van der Waals surface area contributed by atoms with Gasteiger partial charge in [-0.2, -0.15) is 5.10 Å². The summed E-state index contributed by atoms with van der Waals surface area (Å²) in [5.41, 5.74) is 1.76. The highest BCUT2D eigenvalue weighted by atomic mass is 127. The molecule has 3 aromatic rings. The number of furan rings is 1. The monoisotopic (exact) mass is 522 g/mol. The number of aliphatic imine (C=N–C) groups is 1. The van der Waals surface area contributed by atoms with Crippen LogP contribution in [0.1, 0.15) is 29.5 Å². The molecule has 0 saturated carbocycles. The first-order chi connectivity index (χ1) is 14.2. The van der Waals surface area contributed by atoms with Crippen molar-refractivity contribution in [2.45, 2.75) is 26.4 Å². The van der Waals surface area contributed by atoms with Crippen molar-refractivity contribution in [1.29, 1.82) is 0 Å². The smallest absolute Gasteiger partial charge is 0.291 e. The lowest BCUT2D eigenvalue weighted by molar-refractivity contribution is 0.0996. The van der Waals surface area contributed by atoms with Gasteiger partial charge in [-0.3, -0.25) is 9.48 Å². The molecule has 0 saturated heterocycles. The second-order valence-corrected chi connectivity index (χ2v) is 6.37. The molecule has 2 heterocycles. The van der Waals surface area contributed by atoms with Crippen molar-refractivity contribution in [2.24, 2.45) is 4.99 Å². The Hall–Kier alpha value is -2.82. The first kappa shape index (κ1) is 23.5. The third kappa shape index (κ3) is 7.54. The maximum absolute atomic E-state index is 12.0. The summed E-state index contributed by atoms with van der Waals surface area (Å²) in [5.74, 6) is 0.797. The van der Waals surface area contributed by atoms with Crippen LogP contribution in [0, 0.1) is 0 Å². The molecular weight excluding hydrogens is 495 g/mol. The molecule has 0 unspecified atom stereocenters. The van der Waals surface area contributed by atoms with E-state index in [2.05, 4.69) is 26.0 Å². The number of nitrogens with one attached hydrogen (secondary N) is 3. The van der Waals surface area contributed by atoms with Gasteiger partial charge in [-0.1, -0.05) is 12.1 Å². The van der Waals surface area contributed by atoms with Gasteiger partial charge in [-0.05, 0) is 49.2 Å². The van der Waals surface area contributed by atoms with Crippen molar-refractivity contribution in [1.82, 2.24) is 20.4 Å². The van der Waals surface area contributed by atoms with E-state index in [0.717, 1.165) is 37.6 Å². The lowest BCUT2D eigenvalue weighted by Crippen LogP contribution is -2.38. The molecule has 0 radical (unpaired) electrons. The molecule has 3 rings (SSSR count). The SMILES string of the molecule is CCNC(=NCc1ccc(NC(=O)c2ccco2)cc1)NCCCn1cccn1.I. The number of aromatic nitrogens is 2. The summed E-state index contributed by atoms with van der Waals surface area (Å²) in [5, 5.41) is 13.6. The van der Waals surface area contributed by atoms with E-state index in [1.807, 2.05) is 48.1 Å². The quantitative estimate of drug-likeness (QED) is 0.173. The van der Waals surface area contributed by atoms with Crippen LogP contribution in [-0.2, 0) is 13.1 Å². The molecular formula is C21H27IN6O2. The minimum Gasteiger partial charge on any atom is -0.459 e. The number of carbonyl (C=O) groups is 1. The average Bonchev–Trinajstić information content (AvgIpc) is 3.44. The molecule has 1 amide bonds. The van der Waals surface area contributed by atoms with E-state index in [-0.39, 0.29) is 35.6 Å². The predicted molar refractivity (Wildman–Crippen MR) is 128 cm³/mol.